The summed E-state index contributed by atoms with van der Waals surface area (Å²) >= 11 is 0. The van der Waals surface area contributed by atoms with Crippen LogP contribution in [0.3, 0.4) is 0 Å². The van der Waals surface area contributed by atoms with Crippen LogP contribution in [0.25, 0.3) is 22.0 Å². The van der Waals surface area contributed by atoms with Crippen molar-refractivity contribution in [3.8, 4) is 16.9 Å². The van der Waals surface area contributed by atoms with Crippen molar-refractivity contribution in [1.82, 2.24) is 24.7 Å². The Bertz CT molecular complexity index is 1350. The monoisotopic (exact) mass is 457 g/mol. The fraction of sp³-hybridized carbons (Fsp3) is 0.360. The molecule has 0 bridgehead atoms. The first-order chi connectivity index (χ1) is 16.6. The minimum absolute atomic E-state index is 0.263. The molecule has 174 valence electrons. The van der Waals surface area contributed by atoms with Gasteiger partial charge in [-0.3, -0.25) is 4.68 Å². The fourth-order valence-electron chi connectivity index (χ4n) is 4.91. The summed E-state index contributed by atoms with van der Waals surface area (Å²) in [7, 11) is 3.56. The number of aromatic nitrogens is 5. The Balaban J connectivity index is 1.31. The zero-order chi connectivity index (χ0) is 23.1. The molecule has 0 atom stereocenters. The van der Waals surface area contributed by atoms with Crippen LogP contribution in [0.4, 0.5) is 17.5 Å². The number of nitrogens with one attached hydrogen (secondary N) is 1. The molecule has 0 aliphatic carbocycles. The summed E-state index contributed by atoms with van der Waals surface area (Å²) in [4.78, 5) is 16.5. The topological polar surface area (TPSA) is 90.2 Å². The van der Waals surface area contributed by atoms with E-state index in [1.165, 1.54) is 6.42 Å². The number of nitrogens with zero attached hydrogens (tertiary/aromatic N) is 6. The predicted octanol–water partition coefficient (Wildman–Crippen LogP) is 3.79. The summed E-state index contributed by atoms with van der Waals surface area (Å²) in [6.45, 7) is 3.61. The van der Waals surface area contributed by atoms with E-state index >= 15 is 0 Å². The van der Waals surface area contributed by atoms with E-state index in [9.17, 15) is 0 Å². The van der Waals surface area contributed by atoms with Gasteiger partial charge >= 0.3 is 0 Å². The molecule has 3 aromatic heterocycles. The average Bonchev–Trinajstić information content (AvgIpc) is 3.29. The lowest BCUT2D eigenvalue weighted by atomic mass is 9.78. The van der Waals surface area contributed by atoms with E-state index < -0.39 is 0 Å². The van der Waals surface area contributed by atoms with Crippen molar-refractivity contribution in [2.45, 2.75) is 12.8 Å². The van der Waals surface area contributed by atoms with Crippen LogP contribution in [-0.2, 0) is 11.8 Å². The number of hydrogen-bond acceptors (Lipinski definition) is 8. The molecule has 6 rings (SSSR count). The van der Waals surface area contributed by atoms with Gasteiger partial charge in [-0.15, -0.1) is 0 Å². The molecule has 2 saturated heterocycles. The van der Waals surface area contributed by atoms with Gasteiger partial charge in [-0.1, -0.05) is 6.07 Å². The van der Waals surface area contributed by atoms with Gasteiger partial charge in [-0.05, 0) is 36.6 Å². The van der Waals surface area contributed by atoms with Gasteiger partial charge in [0.25, 0.3) is 0 Å². The number of anilines is 3. The minimum atomic E-state index is 0.263. The first kappa shape index (κ1) is 20.9. The fourth-order valence-corrected chi connectivity index (χ4v) is 4.91. The van der Waals surface area contributed by atoms with Gasteiger partial charge in [0.1, 0.15) is 11.3 Å². The molecule has 5 heterocycles. The number of ether oxygens (including phenoxy) is 2. The van der Waals surface area contributed by atoms with Crippen molar-refractivity contribution in [3.63, 3.8) is 0 Å². The lowest BCUT2D eigenvalue weighted by Crippen LogP contribution is -2.54. The first-order valence-electron chi connectivity index (χ1n) is 11.5. The second-order valence-corrected chi connectivity index (χ2v) is 9.23. The molecule has 9 heteroatoms. The van der Waals surface area contributed by atoms with Crippen molar-refractivity contribution in [3.05, 3.63) is 49.1 Å². The van der Waals surface area contributed by atoms with Crippen LogP contribution in [0.1, 0.15) is 12.8 Å². The second kappa shape index (κ2) is 8.25. The number of pyridine rings is 1. The zero-order valence-corrected chi connectivity index (χ0v) is 19.4. The van der Waals surface area contributed by atoms with Gasteiger partial charge in [0, 0.05) is 55.1 Å². The number of rotatable bonds is 5. The lowest BCUT2D eigenvalue weighted by Gasteiger charge is -2.48. The summed E-state index contributed by atoms with van der Waals surface area (Å²) in [6.07, 6.45) is 9.85. The predicted molar refractivity (Wildman–Crippen MR) is 131 cm³/mol. The average molecular weight is 458 g/mol. The number of fused-ring (bicyclic) bond motifs is 1. The van der Waals surface area contributed by atoms with Gasteiger partial charge in [0.15, 0.2) is 5.82 Å². The highest BCUT2D eigenvalue weighted by Gasteiger charge is 2.42. The maximum absolute atomic E-state index is 5.66. The molecular weight excluding hydrogens is 430 g/mol. The minimum Gasteiger partial charge on any atom is -0.495 e. The standard InChI is InChI=1S/C25H27N7O2/c1-31-13-19(12-28-31)17-4-5-20(21(10-17)33-2)29-24-27-11-18-6-8-26-23(22(18)30-24)32-9-3-7-25(14-32)15-34-16-25/h4-6,8,10-13H,3,7,9,14-16H2,1-2H3,(H,27,29,30). The van der Waals surface area contributed by atoms with E-state index in [4.69, 9.17) is 19.4 Å². The summed E-state index contributed by atoms with van der Waals surface area (Å²) in [5, 5.41) is 8.56. The van der Waals surface area contributed by atoms with Crippen LogP contribution in [0, 0.1) is 5.41 Å². The number of hydrogen-bond donors (Lipinski definition) is 1. The third kappa shape index (κ3) is 3.71. The first-order valence-corrected chi connectivity index (χ1v) is 11.5. The Labute approximate surface area is 197 Å². The molecule has 0 radical (unpaired) electrons. The Kier molecular flexibility index (Phi) is 5.06. The Morgan fingerprint density at radius 1 is 1.12 bits per heavy atom. The maximum Gasteiger partial charge on any atom is 0.227 e. The molecule has 0 amide bonds. The molecule has 9 nitrogen and oxygen atoms in total. The summed E-state index contributed by atoms with van der Waals surface area (Å²) in [6, 6.07) is 7.95. The summed E-state index contributed by atoms with van der Waals surface area (Å²) in [5.74, 6) is 2.13. The van der Waals surface area contributed by atoms with Crippen LogP contribution in [-0.4, -0.2) is 58.1 Å². The normalized spacial score (nSPS) is 17.1. The highest BCUT2D eigenvalue weighted by molar-refractivity contribution is 5.89. The number of methoxy groups -OCH3 is 1. The molecule has 1 spiro atoms. The smallest absolute Gasteiger partial charge is 0.227 e. The summed E-state index contributed by atoms with van der Waals surface area (Å²) in [5.41, 5.74) is 3.97. The van der Waals surface area contributed by atoms with E-state index in [1.54, 1.807) is 11.8 Å². The van der Waals surface area contributed by atoms with Crippen LogP contribution >= 0.6 is 0 Å². The largest absolute Gasteiger partial charge is 0.495 e. The van der Waals surface area contributed by atoms with E-state index in [0.717, 1.165) is 66.3 Å². The third-order valence-corrected chi connectivity index (χ3v) is 6.74. The van der Waals surface area contributed by atoms with Gasteiger partial charge < -0.3 is 19.7 Å². The molecule has 2 aliphatic rings. The Morgan fingerprint density at radius 2 is 2.03 bits per heavy atom. The van der Waals surface area contributed by atoms with Crippen molar-refractivity contribution in [2.24, 2.45) is 12.5 Å². The van der Waals surface area contributed by atoms with Crippen molar-refractivity contribution in [1.29, 1.82) is 0 Å². The van der Waals surface area contributed by atoms with Gasteiger partial charge in [-0.2, -0.15) is 5.10 Å². The van der Waals surface area contributed by atoms with Crippen LogP contribution in [0.2, 0.25) is 0 Å². The van der Waals surface area contributed by atoms with Crippen molar-refractivity contribution >= 4 is 28.4 Å². The molecule has 4 aromatic rings. The molecule has 34 heavy (non-hydrogen) atoms. The van der Waals surface area contributed by atoms with Crippen LogP contribution < -0.4 is 15.0 Å². The third-order valence-electron chi connectivity index (χ3n) is 6.74. The van der Waals surface area contributed by atoms with E-state index in [-0.39, 0.29) is 5.41 Å². The SMILES string of the molecule is COc1cc(-c2cnn(C)c2)ccc1Nc1ncc2ccnc(N3CCCC4(COC4)C3)c2n1. The Morgan fingerprint density at radius 3 is 2.79 bits per heavy atom. The van der Waals surface area contributed by atoms with Gasteiger partial charge in [0.2, 0.25) is 5.95 Å². The molecule has 2 aliphatic heterocycles. The molecule has 1 N–H and O–H groups in total. The molecular formula is C25H27N7O2. The quantitative estimate of drug-likeness (QED) is 0.484. The molecule has 1 aromatic carbocycles. The number of piperidine rings is 1. The van der Waals surface area contributed by atoms with E-state index in [1.807, 2.05) is 56.1 Å². The number of benzene rings is 1. The van der Waals surface area contributed by atoms with E-state index in [2.05, 4.69) is 20.3 Å². The maximum atomic E-state index is 5.66. The molecule has 0 unspecified atom stereocenters. The Hall–Kier alpha value is -3.72. The molecule has 2 fully saturated rings. The zero-order valence-electron chi connectivity index (χ0n) is 19.4. The van der Waals surface area contributed by atoms with Gasteiger partial charge in [0.05, 0.1) is 32.2 Å². The highest BCUT2D eigenvalue weighted by Crippen LogP contribution is 2.39. The van der Waals surface area contributed by atoms with Crippen LogP contribution in [0.15, 0.2) is 49.1 Å². The highest BCUT2D eigenvalue weighted by atomic mass is 16.5. The number of aryl methyl sites for hydroxylation is 1. The van der Waals surface area contributed by atoms with Crippen LogP contribution in [0.5, 0.6) is 5.75 Å². The van der Waals surface area contributed by atoms with E-state index in [0.29, 0.717) is 11.7 Å². The van der Waals surface area contributed by atoms with Crippen molar-refractivity contribution < 1.29 is 9.47 Å². The van der Waals surface area contributed by atoms with Crippen molar-refractivity contribution in [2.75, 3.05) is 43.6 Å². The second-order valence-electron chi connectivity index (χ2n) is 9.23. The molecule has 0 saturated carbocycles. The summed E-state index contributed by atoms with van der Waals surface area (Å²) < 4.78 is 13.0. The lowest BCUT2D eigenvalue weighted by molar-refractivity contribution is -0.117. The van der Waals surface area contributed by atoms with Gasteiger partial charge in [-0.25, -0.2) is 15.0 Å².